The highest BCUT2D eigenvalue weighted by Crippen LogP contribution is 2.34. The molecule has 0 saturated heterocycles. The molecule has 0 radical (unpaired) electrons. The quantitative estimate of drug-likeness (QED) is 0.465. The second-order valence-corrected chi connectivity index (χ2v) is 11.7. The number of rotatable bonds is 9. The van der Waals surface area contributed by atoms with Gasteiger partial charge in [0.2, 0.25) is 5.88 Å². The van der Waals surface area contributed by atoms with Crippen molar-refractivity contribution in [3.63, 3.8) is 0 Å². The number of aromatic nitrogens is 3. The third-order valence-corrected chi connectivity index (χ3v) is 9.07. The Labute approximate surface area is 201 Å². The molecule has 3 heterocycles. The van der Waals surface area contributed by atoms with Gasteiger partial charge in [-0.3, -0.25) is 15.1 Å². The number of ether oxygens (including phenoxy) is 2. The summed E-state index contributed by atoms with van der Waals surface area (Å²) in [6.45, 7) is 2.39. The van der Waals surface area contributed by atoms with Crippen molar-refractivity contribution in [2.24, 2.45) is 0 Å². The molecule has 0 aromatic carbocycles. The van der Waals surface area contributed by atoms with Crippen LogP contribution in [0.4, 0.5) is 5.13 Å². The monoisotopic (exact) mass is 502 g/mol. The number of pyridine rings is 2. The normalized spacial score (nSPS) is 17.7. The average Bonchev–Trinajstić information content (AvgIpc) is 3.43. The lowest BCUT2D eigenvalue weighted by atomic mass is 10.2. The number of hydrogen-bond acceptors (Lipinski definition) is 9. The van der Waals surface area contributed by atoms with Crippen molar-refractivity contribution in [3.05, 3.63) is 36.2 Å². The van der Waals surface area contributed by atoms with E-state index in [1.54, 1.807) is 18.2 Å². The molecule has 34 heavy (non-hydrogen) atoms. The van der Waals surface area contributed by atoms with Crippen molar-refractivity contribution >= 4 is 42.6 Å². The van der Waals surface area contributed by atoms with Crippen LogP contribution >= 0.6 is 11.3 Å². The van der Waals surface area contributed by atoms with Crippen molar-refractivity contribution < 1.29 is 22.7 Å². The van der Waals surface area contributed by atoms with Crippen LogP contribution in [0.2, 0.25) is 0 Å². The molecule has 1 amide bonds. The van der Waals surface area contributed by atoms with Crippen molar-refractivity contribution in [2.45, 2.75) is 67.8 Å². The fraction of sp³-hybridized carbons (Fsp3) is 0.478. The summed E-state index contributed by atoms with van der Waals surface area (Å²) in [6.07, 6.45) is 5.54. The van der Waals surface area contributed by atoms with E-state index in [-0.39, 0.29) is 16.2 Å². The van der Waals surface area contributed by atoms with E-state index in [4.69, 9.17) is 9.47 Å². The van der Waals surface area contributed by atoms with E-state index in [0.717, 1.165) is 25.7 Å². The summed E-state index contributed by atoms with van der Waals surface area (Å²) < 4.78 is 36.6. The fourth-order valence-corrected chi connectivity index (χ4v) is 6.45. The van der Waals surface area contributed by atoms with Gasteiger partial charge >= 0.3 is 0 Å². The third-order valence-electron chi connectivity index (χ3n) is 5.94. The van der Waals surface area contributed by atoms with E-state index in [2.05, 4.69) is 20.3 Å². The topological polar surface area (TPSA) is 120 Å². The molecule has 2 aliphatic rings. The van der Waals surface area contributed by atoms with Gasteiger partial charge in [0.15, 0.2) is 21.1 Å². The van der Waals surface area contributed by atoms with Crippen LogP contribution in [-0.2, 0) is 19.4 Å². The second kappa shape index (κ2) is 9.55. The molecule has 3 aromatic heterocycles. The van der Waals surface area contributed by atoms with E-state index in [0.29, 0.717) is 46.5 Å². The van der Waals surface area contributed by atoms with Crippen LogP contribution in [0, 0.1) is 0 Å². The molecular weight excluding hydrogens is 476 g/mol. The minimum Gasteiger partial charge on any atom is -0.478 e. The summed E-state index contributed by atoms with van der Waals surface area (Å²) >= 11 is 1.25. The number of nitrogens with zero attached hydrogens (tertiary/aromatic N) is 3. The molecule has 180 valence electrons. The molecule has 1 N–H and O–H groups in total. The standard InChI is InChI=1S/C23H26N4O5S2/c1-2-31-19-12-11-18-22(26-19)33-23(25-18)27-21(28)20(32-14-5-3-4-6-14)17-10-9-16(13-24-17)34(29,30)15-7-8-15/h9-15,20H,2-8H2,1H3,(H,25,27,28). The molecule has 2 aliphatic carbocycles. The number of amides is 1. The number of carbonyl (C=O) groups is 1. The molecule has 2 fully saturated rings. The predicted molar refractivity (Wildman–Crippen MR) is 128 cm³/mol. The first-order chi connectivity index (χ1) is 16.4. The Morgan fingerprint density at radius 1 is 1.15 bits per heavy atom. The Balaban J connectivity index is 1.38. The van der Waals surface area contributed by atoms with E-state index in [1.165, 1.54) is 23.6 Å². The number of sulfone groups is 1. The van der Waals surface area contributed by atoms with Crippen LogP contribution in [0.3, 0.4) is 0 Å². The van der Waals surface area contributed by atoms with Gasteiger partial charge in [-0.15, -0.1) is 0 Å². The van der Waals surface area contributed by atoms with E-state index < -0.39 is 21.8 Å². The first kappa shape index (κ1) is 23.1. The molecular formula is C23H26N4O5S2. The van der Waals surface area contributed by atoms with Crippen molar-refractivity contribution in [1.29, 1.82) is 0 Å². The van der Waals surface area contributed by atoms with Gasteiger partial charge in [0, 0.05) is 12.3 Å². The molecule has 11 heteroatoms. The highest BCUT2D eigenvalue weighted by molar-refractivity contribution is 7.92. The number of fused-ring (bicyclic) bond motifs is 1. The van der Waals surface area contributed by atoms with Crippen LogP contribution in [0.15, 0.2) is 35.4 Å². The molecule has 9 nitrogen and oxygen atoms in total. The number of thiazole rings is 1. The molecule has 1 unspecified atom stereocenters. The van der Waals surface area contributed by atoms with Crippen LogP contribution in [0.25, 0.3) is 10.3 Å². The van der Waals surface area contributed by atoms with E-state index >= 15 is 0 Å². The zero-order chi connectivity index (χ0) is 23.7. The summed E-state index contributed by atoms with van der Waals surface area (Å²) in [4.78, 5) is 27.3. The zero-order valence-electron chi connectivity index (χ0n) is 18.8. The van der Waals surface area contributed by atoms with Crippen LogP contribution in [0.1, 0.15) is 57.2 Å². The Morgan fingerprint density at radius 3 is 2.62 bits per heavy atom. The van der Waals surface area contributed by atoms with E-state index in [1.807, 2.05) is 6.92 Å². The summed E-state index contributed by atoms with van der Waals surface area (Å²) in [7, 11) is -3.35. The van der Waals surface area contributed by atoms with Crippen LogP contribution < -0.4 is 10.1 Å². The fourth-order valence-electron chi connectivity index (χ4n) is 4.02. The van der Waals surface area contributed by atoms with Crippen molar-refractivity contribution in [3.8, 4) is 5.88 Å². The third kappa shape index (κ3) is 4.91. The first-order valence-electron chi connectivity index (χ1n) is 11.5. The van der Waals surface area contributed by atoms with Gasteiger partial charge in [0.05, 0.1) is 28.6 Å². The van der Waals surface area contributed by atoms with Crippen LogP contribution in [0.5, 0.6) is 5.88 Å². The Hall–Kier alpha value is -2.63. The van der Waals surface area contributed by atoms with Gasteiger partial charge in [-0.1, -0.05) is 24.2 Å². The molecule has 0 spiro atoms. The molecule has 3 aromatic rings. The lowest BCUT2D eigenvalue weighted by Gasteiger charge is -2.21. The van der Waals surface area contributed by atoms with E-state index in [9.17, 15) is 13.2 Å². The minimum absolute atomic E-state index is 0.0433. The predicted octanol–water partition coefficient (Wildman–Crippen LogP) is 4.06. The summed E-state index contributed by atoms with van der Waals surface area (Å²) in [6, 6.07) is 6.63. The van der Waals surface area contributed by atoms with Gasteiger partial charge in [-0.2, -0.15) is 0 Å². The first-order valence-corrected chi connectivity index (χ1v) is 13.9. The smallest absolute Gasteiger partial charge is 0.261 e. The number of nitrogens with one attached hydrogen (secondary N) is 1. The summed E-state index contributed by atoms with van der Waals surface area (Å²) in [5, 5.41) is 2.92. The SMILES string of the molecule is CCOc1ccc2nc(NC(=O)C(OC3CCCC3)c3ccc(S(=O)(=O)C4CC4)cn3)sc2n1. The number of anilines is 1. The summed E-state index contributed by atoms with van der Waals surface area (Å²) in [5.74, 6) is 0.102. The Morgan fingerprint density at radius 2 is 1.94 bits per heavy atom. The highest BCUT2D eigenvalue weighted by atomic mass is 32.2. The Kier molecular flexibility index (Phi) is 6.50. The highest BCUT2D eigenvalue weighted by Gasteiger charge is 2.37. The molecule has 2 saturated carbocycles. The summed E-state index contributed by atoms with van der Waals surface area (Å²) in [5.41, 5.74) is 1.03. The zero-order valence-corrected chi connectivity index (χ0v) is 20.4. The molecule has 0 aliphatic heterocycles. The average molecular weight is 503 g/mol. The number of hydrogen-bond donors (Lipinski definition) is 1. The van der Waals surface area contributed by atoms with Gasteiger partial charge in [0.1, 0.15) is 10.3 Å². The van der Waals surface area contributed by atoms with Gasteiger partial charge in [0.25, 0.3) is 5.91 Å². The maximum absolute atomic E-state index is 13.3. The van der Waals surface area contributed by atoms with Gasteiger partial charge in [-0.25, -0.2) is 18.4 Å². The molecule has 0 bridgehead atoms. The largest absolute Gasteiger partial charge is 0.478 e. The lowest BCUT2D eigenvalue weighted by Crippen LogP contribution is -2.27. The maximum atomic E-state index is 13.3. The maximum Gasteiger partial charge on any atom is 0.261 e. The van der Waals surface area contributed by atoms with Crippen molar-refractivity contribution in [1.82, 2.24) is 15.0 Å². The molecule has 1 atom stereocenters. The van der Waals surface area contributed by atoms with Gasteiger partial charge in [-0.05, 0) is 50.8 Å². The Bertz CT molecular complexity index is 1280. The van der Waals surface area contributed by atoms with Gasteiger partial charge < -0.3 is 9.47 Å². The van der Waals surface area contributed by atoms with Crippen molar-refractivity contribution in [2.75, 3.05) is 11.9 Å². The molecule has 5 rings (SSSR count). The minimum atomic E-state index is -3.35. The lowest BCUT2D eigenvalue weighted by molar-refractivity contribution is -0.132. The number of carbonyl (C=O) groups excluding carboxylic acids is 1. The van der Waals surface area contributed by atoms with Crippen LogP contribution in [-0.4, -0.2) is 47.2 Å². The second-order valence-electron chi connectivity index (χ2n) is 8.50.